The van der Waals surface area contributed by atoms with Crippen LogP contribution in [0.1, 0.15) is 15.3 Å². The summed E-state index contributed by atoms with van der Waals surface area (Å²) in [6.07, 6.45) is 0. The number of amides is 1. The van der Waals surface area contributed by atoms with Crippen LogP contribution in [-0.2, 0) is 4.79 Å². The minimum Gasteiger partial charge on any atom is -1.00 e. The first-order valence-corrected chi connectivity index (χ1v) is 4.62. The van der Waals surface area contributed by atoms with Gasteiger partial charge in [-0.3, -0.25) is 15.2 Å². The second-order valence-electron chi connectivity index (χ2n) is 2.90. The van der Waals surface area contributed by atoms with Gasteiger partial charge >= 0.3 is 59.1 Å². The number of hydrogen-bond acceptors (Lipinski definition) is 2. The second-order valence-corrected chi connectivity index (χ2v) is 3.28. The van der Waals surface area contributed by atoms with E-state index in [0.29, 0.717) is 4.99 Å². The minimum absolute atomic E-state index is 0. The molecule has 0 fully saturated rings. The molecule has 0 atom stereocenters. The smallest absolute Gasteiger partial charge is 1.00 e. The van der Waals surface area contributed by atoms with Crippen LogP contribution in [0, 0.1) is 0 Å². The third-order valence-corrected chi connectivity index (χ3v) is 2.16. The summed E-state index contributed by atoms with van der Waals surface area (Å²) in [6.45, 7) is 1.45. The molecular formula is C10H14N2Na2OS. The predicted molar refractivity (Wildman–Crippen MR) is 61.9 cm³/mol. The molecule has 0 aliphatic heterocycles. The van der Waals surface area contributed by atoms with E-state index in [1.54, 1.807) is 7.05 Å². The summed E-state index contributed by atoms with van der Waals surface area (Å²) >= 11 is 5.17. The van der Waals surface area contributed by atoms with E-state index in [0.717, 1.165) is 5.56 Å². The molecule has 1 rings (SSSR count). The van der Waals surface area contributed by atoms with Gasteiger partial charge in [-0.15, -0.1) is 0 Å². The molecule has 1 aromatic rings. The number of carbonyl (C=O) groups excluding carboxylic acids is 1. The summed E-state index contributed by atoms with van der Waals surface area (Å²) in [6, 6.07) is 9.54. The van der Waals surface area contributed by atoms with Gasteiger partial charge in [0.15, 0.2) is 0 Å². The molecule has 0 aliphatic rings. The van der Waals surface area contributed by atoms with Crippen molar-refractivity contribution in [2.24, 2.45) is 0 Å². The summed E-state index contributed by atoms with van der Waals surface area (Å²) in [4.78, 5) is 11.4. The third-order valence-electron chi connectivity index (χ3n) is 1.65. The first kappa shape index (κ1) is 18.9. The minimum atomic E-state index is -0.134. The van der Waals surface area contributed by atoms with Crippen molar-refractivity contribution in [2.45, 2.75) is 6.92 Å². The maximum absolute atomic E-state index is 10.8. The number of carbonyl (C=O) groups is 1. The zero-order valence-corrected chi connectivity index (χ0v) is 15.0. The van der Waals surface area contributed by atoms with Gasteiger partial charge in [0.2, 0.25) is 5.91 Å². The van der Waals surface area contributed by atoms with Gasteiger partial charge in [0.1, 0.15) is 4.99 Å². The Morgan fingerprint density at radius 2 is 1.81 bits per heavy atom. The summed E-state index contributed by atoms with van der Waals surface area (Å²) in [5.74, 6) is -0.134. The monoisotopic (exact) mass is 256 g/mol. The Hall–Kier alpha value is 0.580. The summed E-state index contributed by atoms with van der Waals surface area (Å²) in [5, 5.41) is 1.53. The molecule has 0 heterocycles. The fourth-order valence-corrected chi connectivity index (χ4v) is 1.24. The predicted octanol–water partition coefficient (Wildman–Crippen LogP) is -4.42. The number of hydrogen-bond donors (Lipinski definition) is 1. The molecular weight excluding hydrogens is 242 g/mol. The Balaban J connectivity index is -0.000000245. The van der Waals surface area contributed by atoms with Crippen molar-refractivity contribution in [3.05, 3.63) is 35.9 Å². The molecule has 0 aromatic heterocycles. The Morgan fingerprint density at radius 3 is 2.25 bits per heavy atom. The normalized spacial score (nSPS) is 8.12. The zero-order chi connectivity index (χ0) is 10.6. The Morgan fingerprint density at radius 1 is 1.31 bits per heavy atom. The van der Waals surface area contributed by atoms with E-state index in [4.69, 9.17) is 12.2 Å². The molecule has 1 N–H and O–H groups in total. The summed E-state index contributed by atoms with van der Waals surface area (Å²) < 4.78 is 0. The second kappa shape index (κ2) is 9.59. The number of benzene rings is 1. The molecule has 0 radical (unpaired) electrons. The van der Waals surface area contributed by atoms with Gasteiger partial charge in [0, 0.05) is 19.5 Å². The average Bonchev–Trinajstić information content (AvgIpc) is 2.17. The van der Waals surface area contributed by atoms with Crippen molar-refractivity contribution in [1.29, 1.82) is 0 Å². The fraction of sp³-hybridized carbons (Fsp3) is 0.200. The molecule has 0 spiro atoms. The van der Waals surface area contributed by atoms with Crippen molar-refractivity contribution in [3.63, 3.8) is 0 Å². The third kappa shape index (κ3) is 6.35. The molecule has 0 saturated carbocycles. The van der Waals surface area contributed by atoms with E-state index in [1.165, 1.54) is 11.9 Å². The van der Waals surface area contributed by atoms with Gasteiger partial charge in [0.25, 0.3) is 0 Å². The van der Waals surface area contributed by atoms with Gasteiger partial charge in [-0.25, -0.2) is 0 Å². The summed E-state index contributed by atoms with van der Waals surface area (Å²) in [5.41, 5.74) is 3.51. The van der Waals surface area contributed by atoms with E-state index in [1.807, 2.05) is 30.3 Å². The van der Waals surface area contributed by atoms with Gasteiger partial charge in [0.05, 0.1) is 0 Å². The fourth-order valence-electron chi connectivity index (χ4n) is 1.06. The topological polar surface area (TPSA) is 32.3 Å². The Labute approximate surface area is 148 Å². The standard InChI is InChI=1S/C10H12N2OS.2Na.2H/c1-8(13)11-12(2)10(14)9-6-4-3-5-7-9;;;;/h3-7H,1-2H3,(H,11,13);;;;/q;2*+1;2*-1. The van der Waals surface area contributed by atoms with E-state index in [-0.39, 0.29) is 67.9 Å². The number of rotatable bonds is 1. The van der Waals surface area contributed by atoms with Crippen LogP contribution in [0.15, 0.2) is 30.3 Å². The quantitative estimate of drug-likeness (QED) is 0.313. The van der Waals surface area contributed by atoms with Gasteiger partial charge < -0.3 is 2.85 Å². The molecule has 0 bridgehead atoms. The maximum Gasteiger partial charge on any atom is 1.00 e. The van der Waals surface area contributed by atoms with Crippen molar-refractivity contribution in [1.82, 2.24) is 10.4 Å². The van der Waals surface area contributed by atoms with Crippen LogP contribution < -0.4 is 64.5 Å². The van der Waals surface area contributed by atoms with Gasteiger partial charge in [-0.05, 0) is 0 Å². The van der Waals surface area contributed by atoms with E-state index < -0.39 is 0 Å². The molecule has 78 valence electrons. The van der Waals surface area contributed by atoms with Crippen molar-refractivity contribution in [2.75, 3.05) is 7.05 Å². The molecule has 1 amide bonds. The average molecular weight is 256 g/mol. The molecule has 0 saturated heterocycles. The van der Waals surface area contributed by atoms with Crippen molar-refractivity contribution in [3.8, 4) is 0 Å². The molecule has 16 heavy (non-hydrogen) atoms. The number of nitrogens with one attached hydrogen (secondary N) is 1. The van der Waals surface area contributed by atoms with Crippen LogP contribution in [0.3, 0.4) is 0 Å². The molecule has 6 heteroatoms. The molecule has 0 unspecified atom stereocenters. The van der Waals surface area contributed by atoms with E-state index in [9.17, 15) is 4.79 Å². The van der Waals surface area contributed by atoms with Crippen LogP contribution >= 0.6 is 12.2 Å². The number of hydrazine groups is 1. The van der Waals surface area contributed by atoms with Gasteiger partial charge in [-0.1, -0.05) is 42.5 Å². The van der Waals surface area contributed by atoms with Crippen molar-refractivity contribution < 1.29 is 66.8 Å². The first-order chi connectivity index (χ1) is 6.61. The molecule has 0 aliphatic carbocycles. The summed E-state index contributed by atoms with van der Waals surface area (Å²) in [7, 11) is 1.72. The largest absolute Gasteiger partial charge is 1.00 e. The van der Waals surface area contributed by atoms with Crippen LogP contribution in [0.2, 0.25) is 0 Å². The number of thiocarbonyl (C=S) groups is 1. The SMILES string of the molecule is CC(=O)NN(C)C(=S)c1ccccc1.[H-].[H-].[Na+].[Na+]. The maximum atomic E-state index is 10.8. The van der Waals surface area contributed by atoms with Crippen molar-refractivity contribution >= 4 is 23.1 Å². The van der Waals surface area contributed by atoms with E-state index >= 15 is 0 Å². The van der Waals surface area contributed by atoms with E-state index in [2.05, 4.69) is 5.43 Å². The molecule has 3 nitrogen and oxygen atoms in total. The molecule has 1 aromatic carbocycles. The van der Waals surface area contributed by atoms with Crippen LogP contribution in [0.25, 0.3) is 0 Å². The Kier molecular flexibility index (Phi) is 11.4. The van der Waals surface area contributed by atoms with Crippen LogP contribution in [-0.4, -0.2) is 23.0 Å². The Bertz CT molecular complexity index is 355. The van der Waals surface area contributed by atoms with Crippen LogP contribution in [0.4, 0.5) is 0 Å². The first-order valence-electron chi connectivity index (χ1n) is 4.21. The number of nitrogens with zero attached hydrogens (tertiary/aromatic N) is 1. The zero-order valence-electron chi connectivity index (χ0n) is 12.2. The van der Waals surface area contributed by atoms with Crippen LogP contribution in [0.5, 0.6) is 0 Å². The van der Waals surface area contributed by atoms with Gasteiger partial charge in [-0.2, -0.15) is 0 Å².